The molecule has 0 radical (unpaired) electrons. The van der Waals surface area contributed by atoms with Crippen molar-refractivity contribution in [2.45, 2.75) is 0 Å². The number of carbonyl (C=O) groups excluding carboxylic acids is 1. The zero-order valence-corrected chi connectivity index (χ0v) is 13.8. The van der Waals surface area contributed by atoms with Crippen molar-refractivity contribution in [3.05, 3.63) is 60.3 Å². The van der Waals surface area contributed by atoms with Gasteiger partial charge in [-0.15, -0.1) is 0 Å². The fourth-order valence-electron chi connectivity index (χ4n) is 2.36. The minimum Gasteiger partial charge on any atom is -0.497 e. The van der Waals surface area contributed by atoms with E-state index < -0.39 is 0 Å². The summed E-state index contributed by atoms with van der Waals surface area (Å²) in [6.45, 7) is 0. The fourth-order valence-corrected chi connectivity index (χ4v) is 2.36. The van der Waals surface area contributed by atoms with Crippen LogP contribution in [-0.4, -0.2) is 37.0 Å². The van der Waals surface area contributed by atoms with Crippen LogP contribution < -0.4 is 4.74 Å². The lowest BCUT2D eigenvalue weighted by Gasteiger charge is -2.03. The van der Waals surface area contributed by atoms with E-state index in [2.05, 4.69) is 5.16 Å². The number of allylic oxidation sites excluding steroid dienone is 1. The van der Waals surface area contributed by atoms with Gasteiger partial charge in [0, 0.05) is 37.5 Å². The van der Waals surface area contributed by atoms with Crippen LogP contribution in [-0.2, 0) is 0 Å². The number of carbonyl (C=O) groups is 1. The average Bonchev–Trinajstić information content (AvgIpc) is 3.02. The Morgan fingerprint density at radius 2 is 1.92 bits per heavy atom. The van der Waals surface area contributed by atoms with Crippen LogP contribution in [0, 0.1) is 0 Å². The predicted molar refractivity (Wildman–Crippen MR) is 93.2 cm³/mol. The van der Waals surface area contributed by atoms with Gasteiger partial charge in [0.1, 0.15) is 11.3 Å². The average molecular weight is 322 g/mol. The van der Waals surface area contributed by atoms with E-state index in [1.54, 1.807) is 31.5 Å². The van der Waals surface area contributed by atoms with E-state index in [-0.39, 0.29) is 5.78 Å². The van der Waals surface area contributed by atoms with E-state index >= 15 is 0 Å². The number of benzene rings is 2. The molecule has 0 aliphatic carbocycles. The molecule has 0 spiro atoms. The van der Waals surface area contributed by atoms with Gasteiger partial charge in [0.05, 0.1) is 12.5 Å². The van der Waals surface area contributed by atoms with Crippen LogP contribution in [0.5, 0.6) is 5.75 Å². The number of aromatic nitrogens is 1. The van der Waals surface area contributed by atoms with Gasteiger partial charge in [0.2, 0.25) is 0 Å². The smallest absolute Gasteiger partial charge is 0.187 e. The summed E-state index contributed by atoms with van der Waals surface area (Å²) in [5.74, 6) is 1.35. The molecule has 3 aromatic rings. The van der Waals surface area contributed by atoms with Crippen molar-refractivity contribution in [3.8, 4) is 17.1 Å². The van der Waals surface area contributed by atoms with Gasteiger partial charge in [-0.05, 0) is 42.5 Å². The Kier molecular flexibility index (Phi) is 4.33. The van der Waals surface area contributed by atoms with Crippen LogP contribution in [0.1, 0.15) is 10.4 Å². The summed E-state index contributed by atoms with van der Waals surface area (Å²) in [5.41, 5.74) is 2.19. The van der Waals surface area contributed by atoms with E-state index in [0.717, 1.165) is 16.7 Å². The van der Waals surface area contributed by atoms with Gasteiger partial charge in [-0.2, -0.15) is 0 Å². The van der Waals surface area contributed by atoms with Crippen LogP contribution in [0.2, 0.25) is 0 Å². The molecule has 122 valence electrons. The minimum absolute atomic E-state index is 0.0625. The molecule has 5 heteroatoms. The zero-order valence-electron chi connectivity index (χ0n) is 13.8. The first-order chi connectivity index (χ1) is 11.6. The molecule has 0 amide bonds. The Morgan fingerprint density at radius 3 is 2.58 bits per heavy atom. The third kappa shape index (κ3) is 3.15. The lowest BCUT2D eigenvalue weighted by molar-refractivity contribution is 0.104. The first kappa shape index (κ1) is 15.8. The fraction of sp³-hybridized carbons (Fsp3) is 0.158. The maximum atomic E-state index is 12.3. The summed E-state index contributed by atoms with van der Waals surface area (Å²) in [6, 6.07) is 12.9. The van der Waals surface area contributed by atoms with Crippen molar-refractivity contribution in [3.63, 3.8) is 0 Å². The summed E-state index contributed by atoms with van der Waals surface area (Å²) in [4.78, 5) is 14.1. The second-order valence-electron chi connectivity index (χ2n) is 5.62. The standard InChI is InChI=1S/C19H18N2O3/c1-21(2)11-10-18(22)14-6-9-17-16(12-14)19(24-20-17)13-4-7-15(23-3)8-5-13/h4-12H,1-3H3/b11-10+. The topological polar surface area (TPSA) is 55.6 Å². The van der Waals surface area contributed by atoms with Crippen molar-refractivity contribution in [2.75, 3.05) is 21.2 Å². The lowest BCUT2D eigenvalue weighted by Crippen LogP contribution is -2.03. The molecular formula is C19H18N2O3. The van der Waals surface area contributed by atoms with Gasteiger partial charge in [-0.3, -0.25) is 4.79 Å². The van der Waals surface area contributed by atoms with Crippen molar-refractivity contribution in [1.82, 2.24) is 10.1 Å². The second-order valence-corrected chi connectivity index (χ2v) is 5.62. The number of fused-ring (bicyclic) bond motifs is 1. The maximum Gasteiger partial charge on any atom is 0.187 e. The van der Waals surface area contributed by atoms with E-state index in [9.17, 15) is 4.79 Å². The van der Waals surface area contributed by atoms with Gasteiger partial charge >= 0.3 is 0 Å². The molecule has 0 aliphatic heterocycles. The number of hydrogen-bond acceptors (Lipinski definition) is 5. The first-order valence-electron chi connectivity index (χ1n) is 7.51. The Hall–Kier alpha value is -3.08. The largest absolute Gasteiger partial charge is 0.497 e. The molecule has 1 aromatic heterocycles. The summed E-state index contributed by atoms with van der Waals surface area (Å²) in [6.07, 6.45) is 3.27. The van der Waals surface area contributed by atoms with Crippen molar-refractivity contribution >= 4 is 16.7 Å². The van der Waals surface area contributed by atoms with Crippen LogP contribution in [0.15, 0.2) is 59.3 Å². The Balaban J connectivity index is 2.00. The van der Waals surface area contributed by atoms with E-state index in [1.165, 1.54) is 0 Å². The molecule has 5 nitrogen and oxygen atoms in total. The number of hydrogen-bond donors (Lipinski definition) is 0. The van der Waals surface area contributed by atoms with Gasteiger partial charge < -0.3 is 14.2 Å². The molecule has 3 rings (SSSR count). The van der Waals surface area contributed by atoms with Gasteiger partial charge in [0.15, 0.2) is 11.5 Å². The van der Waals surface area contributed by atoms with Crippen LogP contribution >= 0.6 is 0 Å². The highest BCUT2D eigenvalue weighted by molar-refractivity contribution is 6.07. The van der Waals surface area contributed by atoms with Gasteiger partial charge in [0.25, 0.3) is 0 Å². The van der Waals surface area contributed by atoms with Crippen molar-refractivity contribution < 1.29 is 14.1 Å². The summed E-state index contributed by atoms with van der Waals surface area (Å²) >= 11 is 0. The number of methoxy groups -OCH3 is 1. The number of rotatable bonds is 5. The third-order valence-electron chi connectivity index (χ3n) is 3.64. The second kappa shape index (κ2) is 6.58. The lowest BCUT2D eigenvalue weighted by atomic mass is 10.0. The Bertz CT molecular complexity index is 893. The highest BCUT2D eigenvalue weighted by atomic mass is 16.5. The van der Waals surface area contributed by atoms with Gasteiger partial charge in [-0.1, -0.05) is 5.16 Å². The number of ketones is 1. The highest BCUT2D eigenvalue weighted by Crippen LogP contribution is 2.30. The Morgan fingerprint density at radius 1 is 1.17 bits per heavy atom. The molecule has 0 saturated carbocycles. The van der Waals surface area contributed by atoms with Gasteiger partial charge in [-0.25, -0.2) is 0 Å². The zero-order chi connectivity index (χ0) is 17.1. The third-order valence-corrected chi connectivity index (χ3v) is 3.64. The molecule has 0 fully saturated rings. The minimum atomic E-state index is -0.0625. The predicted octanol–water partition coefficient (Wildman–Crippen LogP) is 3.76. The molecule has 0 atom stereocenters. The SMILES string of the molecule is COc1ccc(-c2onc3ccc(C(=O)/C=C/N(C)C)cc23)cc1. The monoisotopic (exact) mass is 322 g/mol. The molecule has 1 heterocycles. The van der Waals surface area contributed by atoms with E-state index in [0.29, 0.717) is 16.8 Å². The van der Waals surface area contributed by atoms with Crippen LogP contribution in [0.4, 0.5) is 0 Å². The van der Waals surface area contributed by atoms with Crippen LogP contribution in [0.3, 0.4) is 0 Å². The number of nitrogens with zero attached hydrogens (tertiary/aromatic N) is 2. The Labute approximate surface area is 140 Å². The molecule has 0 bridgehead atoms. The molecular weight excluding hydrogens is 304 g/mol. The van der Waals surface area contributed by atoms with Crippen LogP contribution in [0.25, 0.3) is 22.2 Å². The van der Waals surface area contributed by atoms with E-state index in [4.69, 9.17) is 9.26 Å². The number of ether oxygens (including phenoxy) is 1. The summed E-state index contributed by atoms with van der Waals surface area (Å²) in [5, 5.41) is 4.88. The quantitative estimate of drug-likeness (QED) is 0.529. The highest BCUT2D eigenvalue weighted by Gasteiger charge is 2.13. The molecule has 0 unspecified atom stereocenters. The van der Waals surface area contributed by atoms with Crippen molar-refractivity contribution in [1.29, 1.82) is 0 Å². The molecule has 0 saturated heterocycles. The molecule has 0 N–H and O–H groups in total. The molecule has 2 aromatic carbocycles. The summed E-state index contributed by atoms with van der Waals surface area (Å²) in [7, 11) is 5.36. The van der Waals surface area contributed by atoms with Crippen molar-refractivity contribution in [2.24, 2.45) is 0 Å². The molecule has 0 aliphatic rings. The summed E-state index contributed by atoms with van der Waals surface area (Å²) < 4.78 is 10.6. The maximum absolute atomic E-state index is 12.3. The first-order valence-corrected chi connectivity index (χ1v) is 7.51. The molecule has 24 heavy (non-hydrogen) atoms. The normalized spacial score (nSPS) is 11.1. The van der Waals surface area contributed by atoms with E-state index in [1.807, 2.05) is 49.3 Å².